The van der Waals surface area contributed by atoms with E-state index in [1.807, 2.05) is 44.5 Å². The van der Waals surface area contributed by atoms with E-state index in [4.69, 9.17) is 4.74 Å². The van der Waals surface area contributed by atoms with E-state index >= 15 is 4.39 Å². The zero-order valence-corrected chi connectivity index (χ0v) is 23.3. The lowest BCUT2D eigenvalue weighted by Gasteiger charge is -2.39. The van der Waals surface area contributed by atoms with Crippen molar-refractivity contribution in [3.05, 3.63) is 24.0 Å². The van der Waals surface area contributed by atoms with E-state index in [0.717, 1.165) is 36.9 Å². The number of hydrogen-bond acceptors (Lipinski definition) is 6. The highest BCUT2D eigenvalue weighted by molar-refractivity contribution is 6.06. The van der Waals surface area contributed by atoms with Gasteiger partial charge in [0, 0.05) is 57.3 Å². The predicted octanol–water partition coefficient (Wildman–Crippen LogP) is 4.02. The number of hydrogen-bond donors (Lipinski definition) is 1. The van der Waals surface area contributed by atoms with Crippen LogP contribution in [0.4, 0.5) is 19.7 Å². The maximum atomic E-state index is 15.6. The molecule has 2 aromatic heterocycles. The van der Waals surface area contributed by atoms with Gasteiger partial charge in [-0.3, -0.25) is 15.0 Å². The summed E-state index contributed by atoms with van der Waals surface area (Å²) in [6.07, 6.45) is 5.02. The van der Waals surface area contributed by atoms with Gasteiger partial charge in [0.15, 0.2) is 0 Å². The number of rotatable bonds is 4. The first kappa shape index (κ1) is 27.4. The minimum Gasteiger partial charge on any atom is -0.444 e. The van der Waals surface area contributed by atoms with Crippen molar-refractivity contribution in [1.82, 2.24) is 24.7 Å². The number of amides is 4. The fourth-order valence-electron chi connectivity index (χ4n) is 5.92. The van der Waals surface area contributed by atoms with Crippen LogP contribution in [-0.2, 0) is 9.53 Å². The molecule has 5 rings (SSSR count). The van der Waals surface area contributed by atoms with Crippen LogP contribution in [0, 0.1) is 12.8 Å². The van der Waals surface area contributed by atoms with Crippen molar-refractivity contribution in [2.45, 2.75) is 71.2 Å². The number of fused-ring (bicyclic) bond motifs is 1. The molecule has 0 saturated carbocycles. The summed E-state index contributed by atoms with van der Waals surface area (Å²) in [7, 11) is 0. The van der Waals surface area contributed by atoms with Gasteiger partial charge in [-0.1, -0.05) is 0 Å². The fourth-order valence-corrected chi connectivity index (χ4v) is 5.92. The summed E-state index contributed by atoms with van der Waals surface area (Å²) in [4.78, 5) is 46.3. The molecule has 4 amide bonds. The third kappa shape index (κ3) is 6.03. The molecule has 0 radical (unpaired) electrons. The van der Waals surface area contributed by atoms with Crippen LogP contribution < -0.4 is 10.2 Å². The molecule has 0 bridgehead atoms. The molecule has 3 aliphatic rings. The lowest BCUT2D eigenvalue weighted by Crippen LogP contribution is -2.49. The standard InChI is InChI=1S/C28H39FN6O4/c1-18-15-35(25-21(18)13-20(14-30-25)34-12-8-24(36)31-26(34)37)23-7-9-32(17-22(23)29)16-19-5-10-33(11-6-19)27(38)39-28(2,3)4/h13-15,19,22-23H,5-12,16-17H2,1-4H3,(H,31,36,37)/t22-,23?/m1/s1. The number of carbonyl (C=O) groups is 3. The second kappa shape index (κ2) is 10.7. The molecular weight excluding hydrogens is 503 g/mol. The Hall–Kier alpha value is -3.21. The number of carbonyl (C=O) groups excluding carboxylic acids is 3. The van der Waals surface area contributed by atoms with Crippen molar-refractivity contribution in [2.75, 3.05) is 44.2 Å². The maximum absolute atomic E-state index is 15.6. The maximum Gasteiger partial charge on any atom is 0.410 e. The molecule has 2 aromatic rings. The van der Waals surface area contributed by atoms with Crippen molar-refractivity contribution in [3.63, 3.8) is 0 Å². The van der Waals surface area contributed by atoms with E-state index in [1.54, 1.807) is 11.1 Å². The van der Waals surface area contributed by atoms with E-state index in [-0.39, 0.29) is 24.5 Å². The summed E-state index contributed by atoms with van der Waals surface area (Å²) >= 11 is 0. The number of ether oxygens (including phenoxy) is 1. The van der Waals surface area contributed by atoms with Gasteiger partial charge in [0.2, 0.25) is 5.91 Å². The minimum absolute atomic E-state index is 0.245. The van der Waals surface area contributed by atoms with Crippen molar-refractivity contribution in [1.29, 1.82) is 0 Å². The third-order valence-electron chi connectivity index (χ3n) is 7.95. The molecule has 5 heterocycles. The van der Waals surface area contributed by atoms with Gasteiger partial charge in [0.05, 0.1) is 17.9 Å². The molecule has 0 aromatic carbocycles. The Kier molecular flexibility index (Phi) is 7.54. The van der Waals surface area contributed by atoms with Crippen LogP contribution in [0.25, 0.3) is 11.0 Å². The lowest BCUT2D eigenvalue weighted by atomic mass is 9.94. The monoisotopic (exact) mass is 542 g/mol. The van der Waals surface area contributed by atoms with Gasteiger partial charge in [-0.2, -0.15) is 0 Å². The molecule has 10 nitrogen and oxygen atoms in total. The van der Waals surface area contributed by atoms with Gasteiger partial charge in [-0.05, 0) is 64.5 Å². The average molecular weight is 543 g/mol. The Labute approximate surface area is 228 Å². The quantitative estimate of drug-likeness (QED) is 0.627. The highest BCUT2D eigenvalue weighted by Crippen LogP contribution is 2.33. The number of nitrogens with zero attached hydrogens (tertiary/aromatic N) is 5. The van der Waals surface area contributed by atoms with E-state index in [2.05, 4.69) is 15.2 Å². The zero-order valence-electron chi connectivity index (χ0n) is 23.3. The van der Waals surface area contributed by atoms with Crippen LogP contribution in [0.3, 0.4) is 0 Å². The Bertz CT molecular complexity index is 1250. The summed E-state index contributed by atoms with van der Waals surface area (Å²) < 4.78 is 23.1. The fraction of sp³-hybridized carbons (Fsp3) is 0.643. The largest absolute Gasteiger partial charge is 0.444 e. The molecule has 212 valence electrons. The second-order valence-electron chi connectivity index (χ2n) is 12.1. The van der Waals surface area contributed by atoms with Gasteiger partial charge in [-0.15, -0.1) is 0 Å². The van der Waals surface area contributed by atoms with Gasteiger partial charge in [-0.25, -0.2) is 19.0 Å². The smallest absolute Gasteiger partial charge is 0.410 e. The molecular formula is C28H39FN6O4. The number of imide groups is 1. The number of halogens is 1. The van der Waals surface area contributed by atoms with Crippen LogP contribution in [-0.4, -0.2) is 88.4 Å². The normalized spacial score (nSPS) is 23.8. The number of pyridine rings is 1. The molecule has 39 heavy (non-hydrogen) atoms. The average Bonchev–Trinajstić information content (AvgIpc) is 3.19. The number of aromatic nitrogens is 2. The van der Waals surface area contributed by atoms with Crippen LogP contribution in [0.15, 0.2) is 18.5 Å². The second-order valence-corrected chi connectivity index (χ2v) is 12.1. The summed E-state index contributed by atoms with van der Waals surface area (Å²) in [5, 5.41) is 3.22. The Balaban J connectivity index is 1.19. The van der Waals surface area contributed by atoms with Crippen molar-refractivity contribution >= 4 is 34.8 Å². The molecule has 11 heteroatoms. The SMILES string of the molecule is Cc1cn(C2CCN(CC3CCN(C(=O)OC(C)(C)C)CC3)C[C@H]2F)c2ncc(N3CCC(=O)NC3=O)cc12. The van der Waals surface area contributed by atoms with Crippen LogP contribution in [0.5, 0.6) is 0 Å². The zero-order chi connectivity index (χ0) is 27.9. The van der Waals surface area contributed by atoms with Gasteiger partial charge < -0.3 is 19.1 Å². The number of aryl methyl sites for hydroxylation is 1. The van der Waals surface area contributed by atoms with Gasteiger partial charge in [0.25, 0.3) is 0 Å². The van der Waals surface area contributed by atoms with E-state index in [1.165, 1.54) is 4.90 Å². The molecule has 3 fully saturated rings. The first-order valence-corrected chi connectivity index (χ1v) is 13.9. The molecule has 1 unspecified atom stereocenters. The number of anilines is 1. The van der Waals surface area contributed by atoms with E-state index in [0.29, 0.717) is 49.9 Å². The van der Waals surface area contributed by atoms with Gasteiger partial charge >= 0.3 is 12.1 Å². The Morgan fingerprint density at radius 1 is 1.15 bits per heavy atom. The third-order valence-corrected chi connectivity index (χ3v) is 7.95. The predicted molar refractivity (Wildman–Crippen MR) is 145 cm³/mol. The highest BCUT2D eigenvalue weighted by atomic mass is 19.1. The molecule has 0 aliphatic carbocycles. The molecule has 3 aliphatic heterocycles. The number of urea groups is 1. The Morgan fingerprint density at radius 3 is 2.56 bits per heavy atom. The molecule has 1 N–H and O–H groups in total. The van der Waals surface area contributed by atoms with Crippen molar-refractivity contribution in [3.8, 4) is 0 Å². The Morgan fingerprint density at radius 2 is 1.90 bits per heavy atom. The highest BCUT2D eigenvalue weighted by Gasteiger charge is 2.34. The van der Waals surface area contributed by atoms with Crippen LogP contribution in [0.1, 0.15) is 58.1 Å². The minimum atomic E-state index is -1.03. The molecule has 3 saturated heterocycles. The number of likely N-dealkylation sites (tertiary alicyclic amines) is 2. The first-order valence-electron chi connectivity index (χ1n) is 13.9. The van der Waals surface area contributed by atoms with E-state index in [9.17, 15) is 14.4 Å². The van der Waals surface area contributed by atoms with Gasteiger partial charge in [0.1, 0.15) is 17.4 Å². The van der Waals surface area contributed by atoms with Crippen LogP contribution in [0.2, 0.25) is 0 Å². The number of alkyl halides is 1. The number of nitrogens with one attached hydrogen (secondary N) is 1. The number of piperidine rings is 2. The summed E-state index contributed by atoms with van der Waals surface area (Å²) in [5.41, 5.74) is 1.80. The summed E-state index contributed by atoms with van der Waals surface area (Å²) in [6.45, 7) is 11.3. The lowest BCUT2D eigenvalue weighted by molar-refractivity contribution is -0.120. The van der Waals surface area contributed by atoms with Crippen LogP contribution >= 0.6 is 0 Å². The summed E-state index contributed by atoms with van der Waals surface area (Å²) in [5.74, 6) is 0.156. The van der Waals surface area contributed by atoms with Crippen molar-refractivity contribution in [2.24, 2.45) is 5.92 Å². The topological polar surface area (TPSA) is 100 Å². The summed E-state index contributed by atoms with van der Waals surface area (Å²) in [6, 6.07) is 1.15. The van der Waals surface area contributed by atoms with Crippen molar-refractivity contribution < 1.29 is 23.5 Å². The molecule has 2 atom stereocenters. The first-order chi connectivity index (χ1) is 18.5. The molecule has 0 spiro atoms. The van der Waals surface area contributed by atoms with E-state index < -0.39 is 17.8 Å².